The van der Waals surface area contributed by atoms with Crippen molar-refractivity contribution in [1.82, 2.24) is 20.0 Å². The summed E-state index contributed by atoms with van der Waals surface area (Å²) < 4.78 is 5.37. The van der Waals surface area contributed by atoms with Gasteiger partial charge in [0.2, 0.25) is 5.89 Å². The van der Waals surface area contributed by atoms with Crippen LogP contribution in [0.2, 0.25) is 0 Å². The van der Waals surface area contributed by atoms with Crippen molar-refractivity contribution in [3.05, 3.63) is 47.7 Å². The molecule has 0 spiro atoms. The van der Waals surface area contributed by atoms with Crippen LogP contribution in [0.1, 0.15) is 49.4 Å². The lowest BCUT2D eigenvalue weighted by Gasteiger charge is -2.30. The first-order chi connectivity index (χ1) is 11.8. The highest BCUT2D eigenvalue weighted by Gasteiger charge is 2.23. The molecule has 1 aliphatic rings. The summed E-state index contributed by atoms with van der Waals surface area (Å²) in [7, 11) is 0. The maximum Gasteiger partial charge on any atom is 0.240 e. The number of aryl methyl sites for hydroxylation is 1. The molecule has 5 nitrogen and oxygen atoms in total. The van der Waals surface area contributed by atoms with Gasteiger partial charge in [0.15, 0.2) is 5.82 Å². The van der Waals surface area contributed by atoms with Crippen molar-refractivity contribution in [2.24, 2.45) is 0 Å². The van der Waals surface area contributed by atoms with Gasteiger partial charge in [0.1, 0.15) is 0 Å². The molecule has 1 aliphatic heterocycles. The maximum atomic E-state index is 5.37. The van der Waals surface area contributed by atoms with Gasteiger partial charge >= 0.3 is 0 Å². The van der Waals surface area contributed by atoms with Gasteiger partial charge in [0.25, 0.3) is 0 Å². The molecule has 0 bridgehead atoms. The van der Waals surface area contributed by atoms with Crippen LogP contribution in [0.5, 0.6) is 0 Å². The summed E-state index contributed by atoms with van der Waals surface area (Å²) in [5.74, 6) is 2.22. The van der Waals surface area contributed by atoms with Crippen LogP contribution in [0.15, 0.2) is 35.0 Å². The van der Waals surface area contributed by atoms with E-state index in [9.17, 15) is 0 Å². The molecule has 5 heteroatoms. The molecular formula is C19H24N4O. The summed E-state index contributed by atoms with van der Waals surface area (Å²) in [5, 5.41) is 5.42. The molecule has 126 valence electrons. The van der Waals surface area contributed by atoms with Crippen molar-refractivity contribution >= 4 is 10.9 Å². The number of piperidine rings is 1. The number of para-hydroxylation sites is 1. The third-order valence-electron chi connectivity index (χ3n) is 4.99. The average Bonchev–Trinajstić information content (AvgIpc) is 3.23. The number of likely N-dealkylation sites (tertiary alicyclic amines) is 1. The molecule has 3 heterocycles. The van der Waals surface area contributed by atoms with Gasteiger partial charge in [-0.3, -0.25) is 4.90 Å². The quantitative estimate of drug-likeness (QED) is 0.774. The SMILES string of the molecule is CCCc1noc(CN2CCC(c3c[nH]c4ccccc34)CC2)n1. The first kappa shape index (κ1) is 15.4. The Labute approximate surface area is 142 Å². The average molecular weight is 324 g/mol. The van der Waals surface area contributed by atoms with E-state index in [1.54, 1.807) is 0 Å². The smallest absolute Gasteiger partial charge is 0.240 e. The van der Waals surface area contributed by atoms with E-state index in [0.717, 1.165) is 44.2 Å². The van der Waals surface area contributed by atoms with Crippen LogP contribution in [0.3, 0.4) is 0 Å². The number of nitrogens with one attached hydrogen (secondary N) is 1. The first-order valence-corrected chi connectivity index (χ1v) is 8.93. The molecule has 1 saturated heterocycles. The number of H-pyrrole nitrogens is 1. The molecule has 24 heavy (non-hydrogen) atoms. The van der Waals surface area contributed by atoms with Crippen molar-refractivity contribution in [3.8, 4) is 0 Å². The van der Waals surface area contributed by atoms with Crippen molar-refractivity contribution in [1.29, 1.82) is 0 Å². The molecule has 1 N–H and O–H groups in total. The first-order valence-electron chi connectivity index (χ1n) is 8.93. The lowest BCUT2D eigenvalue weighted by atomic mass is 9.89. The van der Waals surface area contributed by atoms with Gasteiger partial charge in [-0.2, -0.15) is 4.98 Å². The monoisotopic (exact) mass is 324 g/mol. The van der Waals surface area contributed by atoms with Crippen molar-refractivity contribution in [3.63, 3.8) is 0 Å². The number of benzene rings is 1. The zero-order valence-corrected chi connectivity index (χ0v) is 14.2. The van der Waals surface area contributed by atoms with Crippen LogP contribution in [0.4, 0.5) is 0 Å². The molecule has 1 aromatic carbocycles. The number of aromatic amines is 1. The highest BCUT2D eigenvalue weighted by molar-refractivity contribution is 5.83. The molecule has 2 aromatic heterocycles. The van der Waals surface area contributed by atoms with Gasteiger partial charge < -0.3 is 9.51 Å². The standard InChI is InChI=1S/C19H24N4O/c1-2-5-18-21-19(24-22-18)13-23-10-8-14(9-11-23)16-12-20-17-7-4-3-6-15(16)17/h3-4,6-7,12,14,20H,2,5,8-11,13H2,1H3. The second-order valence-corrected chi connectivity index (χ2v) is 6.69. The van der Waals surface area contributed by atoms with Crippen LogP contribution in [-0.4, -0.2) is 33.1 Å². The van der Waals surface area contributed by atoms with E-state index in [2.05, 4.69) is 57.4 Å². The number of aromatic nitrogens is 3. The third kappa shape index (κ3) is 3.08. The fourth-order valence-corrected chi connectivity index (χ4v) is 3.70. The van der Waals surface area contributed by atoms with Crippen molar-refractivity contribution in [2.45, 2.75) is 45.1 Å². The van der Waals surface area contributed by atoms with Gasteiger partial charge in [-0.25, -0.2) is 0 Å². The maximum absolute atomic E-state index is 5.37. The Kier molecular flexibility index (Phi) is 4.34. The van der Waals surface area contributed by atoms with E-state index in [4.69, 9.17) is 4.52 Å². The number of hydrogen-bond donors (Lipinski definition) is 1. The van der Waals surface area contributed by atoms with Gasteiger partial charge in [-0.05, 0) is 49.9 Å². The number of fused-ring (bicyclic) bond motifs is 1. The molecule has 1 fully saturated rings. The Morgan fingerprint density at radius 1 is 1.25 bits per heavy atom. The van der Waals surface area contributed by atoms with E-state index in [1.165, 1.54) is 29.3 Å². The molecule has 0 unspecified atom stereocenters. The van der Waals surface area contributed by atoms with Crippen molar-refractivity contribution < 1.29 is 4.52 Å². The van der Waals surface area contributed by atoms with Crippen LogP contribution in [0.25, 0.3) is 10.9 Å². The van der Waals surface area contributed by atoms with Gasteiger partial charge in [0, 0.05) is 23.5 Å². The molecule has 0 amide bonds. The van der Waals surface area contributed by atoms with Gasteiger partial charge in [0.05, 0.1) is 6.54 Å². The third-order valence-corrected chi connectivity index (χ3v) is 4.99. The molecule has 0 atom stereocenters. The number of rotatable bonds is 5. The topological polar surface area (TPSA) is 58.0 Å². The summed E-state index contributed by atoms with van der Waals surface area (Å²) in [6, 6.07) is 8.58. The predicted molar refractivity (Wildman–Crippen MR) is 93.8 cm³/mol. The van der Waals surface area contributed by atoms with Crippen LogP contribution in [0, 0.1) is 0 Å². The fraction of sp³-hybridized carbons (Fsp3) is 0.474. The normalized spacial score (nSPS) is 16.9. The Morgan fingerprint density at radius 3 is 2.92 bits per heavy atom. The van der Waals surface area contributed by atoms with E-state index < -0.39 is 0 Å². The van der Waals surface area contributed by atoms with E-state index in [-0.39, 0.29) is 0 Å². The van der Waals surface area contributed by atoms with E-state index >= 15 is 0 Å². The Balaban J connectivity index is 1.38. The fourth-order valence-electron chi connectivity index (χ4n) is 3.70. The zero-order chi connectivity index (χ0) is 16.4. The molecule has 3 aromatic rings. The van der Waals surface area contributed by atoms with E-state index in [1.807, 2.05) is 0 Å². The van der Waals surface area contributed by atoms with Crippen LogP contribution in [-0.2, 0) is 13.0 Å². The zero-order valence-electron chi connectivity index (χ0n) is 14.2. The summed E-state index contributed by atoms with van der Waals surface area (Å²) in [6.07, 6.45) is 6.50. The molecular weight excluding hydrogens is 300 g/mol. The van der Waals surface area contributed by atoms with Crippen LogP contribution < -0.4 is 0 Å². The van der Waals surface area contributed by atoms with E-state index in [0.29, 0.717) is 5.92 Å². The molecule has 0 saturated carbocycles. The highest BCUT2D eigenvalue weighted by Crippen LogP contribution is 2.33. The lowest BCUT2D eigenvalue weighted by molar-refractivity contribution is 0.181. The minimum atomic E-state index is 0.635. The molecule has 0 radical (unpaired) electrons. The highest BCUT2D eigenvalue weighted by atomic mass is 16.5. The molecule has 0 aliphatic carbocycles. The minimum Gasteiger partial charge on any atom is -0.361 e. The second kappa shape index (κ2) is 6.77. The number of hydrogen-bond acceptors (Lipinski definition) is 4. The summed E-state index contributed by atoms with van der Waals surface area (Å²) in [4.78, 5) is 10.3. The van der Waals surface area contributed by atoms with Crippen LogP contribution >= 0.6 is 0 Å². The Bertz CT molecular complexity index is 798. The Morgan fingerprint density at radius 2 is 2.08 bits per heavy atom. The van der Waals surface area contributed by atoms with Gasteiger partial charge in [-0.1, -0.05) is 30.3 Å². The largest absolute Gasteiger partial charge is 0.361 e. The van der Waals surface area contributed by atoms with Crippen molar-refractivity contribution in [2.75, 3.05) is 13.1 Å². The lowest BCUT2D eigenvalue weighted by Crippen LogP contribution is -2.32. The summed E-state index contributed by atoms with van der Waals surface area (Å²) >= 11 is 0. The second-order valence-electron chi connectivity index (χ2n) is 6.69. The van der Waals surface area contributed by atoms with Gasteiger partial charge in [-0.15, -0.1) is 0 Å². The molecule has 4 rings (SSSR count). The summed E-state index contributed by atoms with van der Waals surface area (Å²) in [5.41, 5.74) is 2.71. The number of nitrogens with zero attached hydrogens (tertiary/aromatic N) is 3. The summed E-state index contributed by atoms with van der Waals surface area (Å²) in [6.45, 7) is 5.06. The Hall–Kier alpha value is -2.14. The minimum absolute atomic E-state index is 0.635. The predicted octanol–water partition coefficient (Wildman–Crippen LogP) is 3.88.